The van der Waals surface area contributed by atoms with Crippen molar-refractivity contribution in [1.82, 2.24) is 4.98 Å². The lowest BCUT2D eigenvalue weighted by Crippen LogP contribution is -2.32. The number of aromatic nitrogens is 1. The minimum Gasteiger partial charge on any atom is -0.396 e. The molecule has 1 rings (SSSR count). The molecule has 0 aliphatic rings. The Morgan fingerprint density at radius 3 is 2.56 bits per heavy atom. The molecule has 0 spiro atoms. The maximum atomic E-state index is 12.8. The first-order chi connectivity index (χ1) is 7.65. The molecule has 3 nitrogen and oxygen atoms in total. The molecule has 0 fully saturated rings. The molecule has 0 aromatic carbocycles. The van der Waals surface area contributed by atoms with Crippen molar-refractivity contribution in [3.8, 4) is 0 Å². The van der Waals surface area contributed by atoms with Crippen LogP contribution in [0.25, 0.3) is 0 Å². The molecule has 1 aromatic heterocycles. The second kappa shape index (κ2) is 5.80. The van der Waals surface area contributed by atoms with Crippen molar-refractivity contribution in [3.05, 3.63) is 24.1 Å². The van der Waals surface area contributed by atoms with Gasteiger partial charge in [-0.05, 0) is 25.0 Å². The van der Waals surface area contributed by atoms with Gasteiger partial charge in [0, 0.05) is 12.0 Å². The molecular weight excluding hydrogens is 207 g/mol. The standard InChI is InChI=1S/C12H19FN2O/c1-3-12(4-2,9-16)8-14-11-7-5-6-10(13)15-11/h5-7,16H,3-4,8-9H2,1-2H3,(H,14,15). The van der Waals surface area contributed by atoms with Crippen molar-refractivity contribution in [1.29, 1.82) is 0 Å². The van der Waals surface area contributed by atoms with Gasteiger partial charge in [0.2, 0.25) is 5.95 Å². The van der Waals surface area contributed by atoms with Gasteiger partial charge in [0.15, 0.2) is 0 Å². The Hall–Kier alpha value is -1.16. The number of anilines is 1. The summed E-state index contributed by atoms with van der Waals surface area (Å²) in [7, 11) is 0. The van der Waals surface area contributed by atoms with Gasteiger partial charge in [0.1, 0.15) is 5.82 Å². The van der Waals surface area contributed by atoms with E-state index < -0.39 is 5.95 Å². The van der Waals surface area contributed by atoms with Crippen LogP contribution >= 0.6 is 0 Å². The minimum absolute atomic E-state index is 0.127. The number of nitrogens with zero attached hydrogens (tertiary/aromatic N) is 1. The van der Waals surface area contributed by atoms with Crippen LogP contribution in [0, 0.1) is 11.4 Å². The van der Waals surface area contributed by atoms with E-state index in [-0.39, 0.29) is 12.0 Å². The van der Waals surface area contributed by atoms with Crippen molar-refractivity contribution in [3.63, 3.8) is 0 Å². The van der Waals surface area contributed by atoms with Crippen LogP contribution in [-0.2, 0) is 0 Å². The normalized spacial score (nSPS) is 11.5. The zero-order valence-electron chi connectivity index (χ0n) is 9.83. The van der Waals surface area contributed by atoms with Crippen molar-refractivity contribution >= 4 is 5.82 Å². The number of hydrogen-bond acceptors (Lipinski definition) is 3. The second-order valence-corrected chi connectivity index (χ2v) is 4.06. The molecule has 0 radical (unpaired) electrons. The Morgan fingerprint density at radius 1 is 1.38 bits per heavy atom. The van der Waals surface area contributed by atoms with Gasteiger partial charge in [-0.15, -0.1) is 0 Å². The Bertz CT molecular complexity index is 318. The molecule has 0 unspecified atom stereocenters. The molecule has 0 atom stereocenters. The van der Waals surface area contributed by atoms with E-state index in [1.807, 2.05) is 13.8 Å². The highest BCUT2D eigenvalue weighted by Crippen LogP contribution is 2.25. The van der Waals surface area contributed by atoms with E-state index >= 15 is 0 Å². The summed E-state index contributed by atoms with van der Waals surface area (Å²) in [4.78, 5) is 3.72. The van der Waals surface area contributed by atoms with Gasteiger partial charge in [-0.3, -0.25) is 0 Å². The van der Waals surface area contributed by atoms with Crippen LogP contribution in [0.1, 0.15) is 26.7 Å². The molecule has 0 aliphatic heterocycles. The van der Waals surface area contributed by atoms with Gasteiger partial charge < -0.3 is 10.4 Å². The first kappa shape index (κ1) is 12.9. The molecule has 0 aliphatic carbocycles. The molecule has 2 N–H and O–H groups in total. The van der Waals surface area contributed by atoms with E-state index in [1.54, 1.807) is 12.1 Å². The third-order valence-corrected chi connectivity index (χ3v) is 3.20. The van der Waals surface area contributed by atoms with Gasteiger partial charge in [0.25, 0.3) is 0 Å². The fourth-order valence-corrected chi connectivity index (χ4v) is 1.56. The molecule has 1 aromatic rings. The van der Waals surface area contributed by atoms with E-state index in [2.05, 4.69) is 10.3 Å². The largest absolute Gasteiger partial charge is 0.396 e. The van der Waals surface area contributed by atoms with Crippen molar-refractivity contribution in [2.45, 2.75) is 26.7 Å². The summed E-state index contributed by atoms with van der Waals surface area (Å²) in [5.41, 5.74) is -0.145. The van der Waals surface area contributed by atoms with Crippen molar-refractivity contribution < 1.29 is 9.50 Å². The third kappa shape index (κ3) is 3.17. The van der Waals surface area contributed by atoms with Crippen LogP contribution in [0.15, 0.2) is 18.2 Å². The minimum atomic E-state index is -0.493. The molecule has 4 heteroatoms. The first-order valence-electron chi connectivity index (χ1n) is 5.63. The van der Waals surface area contributed by atoms with E-state index in [1.165, 1.54) is 6.07 Å². The molecule has 90 valence electrons. The smallest absolute Gasteiger partial charge is 0.214 e. The highest BCUT2D eigenvalue weighted by atomic mass is 19.1. The van der Waals surface area contributed by atoms with Crippen molar-refractivity contribution in [2.24, 2.45) is 5.41 Å². The number of hydrogen-bond donors (Lipinski definition) is 2. The van der Waals surface area contributed by atoms with E-state index in [4.69, 9.17) is 0 Å². The van der Waals surface area contributed by atoms with Crippen LogP contribution in [0.2, 0.25) is 0 Å². The number of nitrogens with one attached hydrogen (secondary N) is 1. The van der Waals surface area contributed by atoms with Crippen molar-refractivity contribution in [2.75, 3.05) is 18.5 Å². The monoisotopic (exact) mass is 226 g/mol. The SMILES string of the molecule is CCC(CC)(CO)CNc1cccc(F)n1. The number of halogens is 1. The maximum absolute atomic E-state index is 12.8. The predicted octanol–water partition coefficient (Wildman–Crippen LogP) is 2.43. The quantitative estimate of drug-likeness (QED) is 0.732. The van der Waals surface area contributed by atoms with Gasteiger partial charge in [0.05, 0.1) is 6.61 Å². The van der Waals surface area contributed by atoms with Gasteiger partial charge in [-0.1, -0.05) is 19.9 Å². The fourth-order valence-electron chi connectivity index (χ4n) is 1.56. The van der Waals surface area contributed by atoms with Crippen LogP contribution in [0.3, 0.4) is 0 Å². The maximum Gasteiger partial charge on any atom is 0.214 e. The number of pyridine rings is 1. The Balaban J connectivity index is 2.62. The zero-order valence-corrected chi connectivity index (χ0v) is 9.83. The summed E-state index contributed by atoms with van der Waals surface area (Å²) in [5.74, 6) is 0.0207. The summed E-state index contributed by atoms with van der Waals surface area (Å²) < 4.78 is 12.8. The van der Waals surface area contributed by atoms with E-state index in [0.29, 0.717) is 12.4 Å². The molecule has 0 bridgehead atoms. The lowest BCUT2D eigenvalue weighted by molar-refractivity contribution is 0.127. The Labute approximate surface area is 95.7 Å². The topological polar surface area (TPSA) is 45.1 Å². The molecule has 0 amide bonds. The lowest BCUT2D eigenvalue weighted by atomic mass is 9.83. The van der Waals surface area contributed by atoms with Crippen LogP contribution in [-0.4, -0.2) is 23.2 Å². The average Bonchev–Trinajstić information content (AvgIpc) is 2.32. The van der Waals surface area contributed by atoms with Gasteiger partial charge in [-0.25, -0.2) is 4.98 Å². The molecule has 1 heterocycles. The summed E-state index contributed by atoms with van der Waals surface area (Å²) in [5, 5.41) is 12.4. The van der Waals surface area contributed by atoms with Gasteiger partial charge in [-0.2, -0.15) is 4.39 Å². The van der Waals surface area contributed by atoms with Crippen LogP contribution in [0.4, 0.5) is 10.2 Å². The number of aliphatic hydroxyl groups is 1. The summed E-state index contributed by atoms with van der Waals surface area (Å²) in [6.07, 6.45) is 1.75. The summed E-state index contributed by atoms with van der Waals surface area (Å²) in [6, 6.07) is 4.64. The lowest BCUT2D eigenvalue weighted by Gasteiger charge is -2.29. The van der Waals surface area contributed by atoms with E-state index in [0.717, 1.165) is 12.8 Å². The molecule has 0 saturated heterocycles. The highest BCUT2D eigenvalue weighted by Gasteiger charge is 2.24. The van der Waals surface area contributed by atoms with E-state index in [9.17, 15) is 9.50 Å². The van der Waals surface area contributed by atoms with Gasteiger partial charge >= 0.3 is 0 Å². The number of aliphatic hydroxyl groups excluding tert-OH is 1. The average molecular weight is 226 g/mol. The van der Waals surface area contributed by atoms with Crippen LogP contribution in [0.5, 0.6) is 0 Å². The molecular formula is C12H19FN2O. The fraction of sp³-hybridized carbons (Fsp3) is 0.583. The predicted molar refractivity (Wildman–Crippen MR) is 62.8 cm³/mol. The zero-order chi connectivity index (χ0) is 12.0. The molecule has 0 saturated carbocycles. The highest BCUT2D eigenvalue weighted by molar-refractivity contribution is 5.33. The van der Waals surface area contributed by atoms with Crippen LogP contribution < -0.4 is 5.32 Å². The first-order valence-corrected chi connectivity index (χ1v) is 5.63. The third-order valence-electron chi connectivity index (χ3n) is 3.20. The second-order valence-electron chi connectivity index (χ2n) is 4.06. The number of rotatable bonds is 6. The summed E-state index contributed by atoms with van der Waals surface area (Å²) >= 11 is 0. The Morgan fingerprint density at radius 2 is 2.06 bits per heavy atom. The summed E-state index contributed by atoms with van der Waals surface area (Å²) in [6.45, 7) is 4.82. The Kier molecular flexibility index (Phi) is 4.68. The molecule has 16 heavy (non-hydrogen) atoms.